The van der Waals surface area contributed by atoms with Crippen LogP contribution in [0.4, 0.5) is 0 Å². The summed E-state index contributed by atoms with van der Waals surface area (Å²) in [6.07, 6.45) is 0.269. The first kappa shape index (κ1) is 17.3. The number of carbonyl (C=O) groups excluding carboxylic acids is 1. The van der Waals surface area contributed by atoms with Crippen LogP contribution in [0.3, 0.4) is 0 Å². The molecule has 1 heterocycles. The van der Waals surface area contributed by atoms with Gasteiger partial charge in [-0.05, 0) is 30.2 Å². The fraction of sp³-hybridized carbons (Fsp3) is 0.250. The second-order valence-electron chi connectivity index (χ2n) is 4.86. The van der Waals surface area contributed by atoms with Crippen LogP contribution >= 0.6 is 22.9 Å². The zero-order valence-corrected chi connectivity index (χ0v) is 14.0. The monoisotopic (exact) mass is 353 g/mol. The number of aliphatic carboxylic acids is 1. The molecule has 1 amide bonds. The van der Waals surface area contributed by atoms with Gasteiger partial charge in [-0.15, -0.1) is 11.3 Å². The van der Waals surface area contributed by atoms with Crippen LogP contribution in [0, 0.1) is 5.92 Å². The van der Waals surface area contributed by atoms with Gasteiger partial charge in [0.1, 0.15) is 5.75 Å². The molecule has 122 valence electrons. The smallest absolute Gasteiger partial charge is 0.308 e. The van der Waals surface area contributed by atoms with Crippen molar-refractivity contribution in [2.24, 2.45) is 5.92 Å². The number of halogens is 1. The van der Waals surface area contributed by atoms with E-state index in [4.69, 9.17) is 16.3 Å². The van der Waals surface area contributed by atoms with Crippen molar-refractivity contribution in [1.29, 1.82) is 0 Å². The molecule has 1 atom stereocenters. The summed E-state index contributed by atoms with van der Waals surface area (Å²) in [5.74, 6) is -1.41. The predicted molar refractivity (Wildman–Crippen MR) is 89.5 cm³/mol. The second kappa shape index (κ2) is 7.99. The molecule has 0 saturated heterocycles. The van der Waals surface area contributed by atoms with E-state index in [0.29, 0.717) is 15.0 Å². The number of carboxylic acids is 1. The lowest BCUT2D eigenvalue weighted by molar-refractivity contribution is -0.141. The SMILES string of the molecule is COc1ccccc1CC(CNC(=O)c1ccc(Cl)s1)C(=O)O. The Morgan fingerprint density at radius 2 is 2.04 bits per heavy atom. The zero-order chi connectivity index (χ0) is 16.8. The molecule has 2 N–H and O–H groups in total. The molecule has 2 rings (SSSR count). The molecule has 1 aromatic heterocycles. The minimum Gasteiger partial charge on any atom is -0.496 e. The van der Waals surface area contributed by atoms with E-state index in [1.54, 1.807) is 18.2 Å². The van der Waals surface area contributed by atoms with Crippen LogP contribution in [-0.4, -0.2) is 30.6 Å². The summed E-state index contributed by atoms with van der Waals surface area (Å²) in [4.78, 5) is 23.9. The number of nitrogens with one attached hydrogen (secondary N) is 1. The van der Waals surface area contributed by atoms with Gasteiger partial charge < -0.3 is 15.2 Å². The Bertz CT molecular complexity index is 701. The van der Waals surface area contributed by atoms with Crippen LogP contribution in [-0.2, 0) is 11.2 Å². The Kier molecular flexibility index (Phi) is 6.01. The molecule has 1 aromatic carbocycles. The van der Waals surface area contributed by atoms with Gasteiger partial charge in [-0.3, -0.25) is 9.59 Å². The van der Waals surface area contributed by atoms with Crippen LogP contribution < -0.4 is 10.1 Å². The topological polar surface area (TPSA) is 75.6 Å². The molecule has 23 heavy (non-hydrogen) atoms. The number of methoxy groups -OCH3 is 1. The number of carboxylic acid groups (broad SMARTS) is 1. The summed E-state index contributed by atoms with van der Waals surface area (Å²) in [6, 6.07) is 10.5. The number of thiophene rings is 1. The van der Waals surface area contributed by atoms with Crippen LogP contribution in [0.25, 0.3) is 0 Å². The molecule has 7 heteroatoms. The first-order chi connectivity index (χ1) is 11.0. The van der Waals surface area contributed by atoms with Gasteiger partial charge in [0.15, 0.2) is 0 Å². The van der Waals surface area contributed by atoms with Crippen LogP contribution in [0.1, 0.15) is 15.2 Å². The highest BCUT2D eigenvalue weighted by Gasteiger charge is 2.21. The lowest BCUT2D eigenvalue weighted by Gasteiger charge is -2.15. The summed E-state index contributed by atoms with van der Waals surface area (Å²) in [5, 5.41) is 12.0. The van der Waals surface area contributed by atoms with E-state index < -0.39 is 11.9 Å². The van der Waals surface area contributed by atoms with Gasteiger partial charge >= 0.3 is 5.97 Å². The van der Waals surface area contributed by atoms with Gasteiger partial charge in [0.2, 0.25) is 0 Å². The van der Waals surface area contributed by atoms with Crippen molar-refractivity contribution in [1.82, 2.24) is 5.32 Å². The normalized spacial score (nSPS) is 11.7. The molecule has 5 nitrogen and oxygen atoms in total. The average Bonchev–Trinajstić information content (AvgIpc) is 2.97. The molecule has 0 fully saturated rings. The van der Waals surface area contributed by atoms with Crippen molar-refractivity contribution in [3.63, 3.8) is 0 Å². The molecule has 0 saturated carbocycles. The van der Waals surface area contributed by atoms with Crippen LogP contribution in [0.2, 0.25) is 4.34 Å². The highest BCUT2D eigenvalue weighted by atomic mass is 35.5. The van der Waals surface area contributed by atoms with E-state index in [1.807, 2.05) is 18.2 Å². The predicted octanol–water partition coefficient (Wildman–Crippen LogP) is 3.08. The summed E-state index contributed by atoms with van der Waals surface area (Å²) < 4.78 is 5.74. The molecule has 0 aliphatic carbocycles. The number of para-hydroxylation sites is 1. The molecule has 0 aliphatic rings. The van der Waals surface area contributed by atoms with Crippen molar-refractivity contribution < 1.29 is 19.4 Å². The lowest BCUT2D eigenvalue weighted by atomic mass is 9.98. The van der Waals surface area contributed by atoms with E-state index in [-0.39, 0.29) is 18.9 Å². The number of carbonyl (C=O) groups is 2. The quantitative estimate of drug-likeness (QED) is 0.802. The maximum absolute atomic E-state index is 12.0. The molecular formula is C16H16ClNO4S. The van der Waals surface area contributed by atoms with Gasteiger partial charge in [-0.2, -0.15) is 0 Å². The minimum atomic E-state index is -0.972. The van der Waals surface area contributed by atoms with Crippen molar-refractivity contribution >= 4 is 34.8 Å². The van der Waals surface area contributed by atoms with E-state index in [2.05, 4.69) is 5.32 Å². The van der Waals surface area contributed by atoms with Gasteiger partial charge in [-0.25, -0.2) is 0 Å². The minimum absolute atomic E-state index is 0.0295. The number of ether oxygens (including phenoxy) is 1. The van der Waals surface area contributed by atoms with Crippen molar-refractivity contribution in [2.45, 2.75) is 6.42 Å². The third kappa shape index (κ3) is 4.71. The van der Waals surface area contributed by atoms with Crippen LogP contribution in [0.5, 0.6) is 5.75 Å². The fourth-order valence-electron chi connectivity index (χ4n) is 2.12. The Morgan fingerprint density at radius 1 is 1.30 bits per heavy atom. The maximum Gasteiger partial charge on any atom is 0.308 e. The molecule has 0 spiro atoms. The van der Waals surface area contributed by atoms with Crippen molar-refractivity contribution in [3.8, 4) is 5.75 Å². The van der Waals surface area contributed by atoms with Gasteiger partial charge in [-0.1, -0.05) is 29.8 Å². The molecule has 2 aromatic rings. The Morgan fingerprint density at radius 3 is 2.65 bits per heavy atom. The number of hydrogen-bond donors (Lipinski definition) is 2. The third-order valence-electron chi connectivity index (χ3n) is 3.31. The molecule has 0 radical (unpaired) electrons. The van der Waals surface area contributed by atoms with E-state index >= 15 is 0 Å². The first-order valence-corrected chi connectivity index (χ1v) is 8.09. The third-order valence-corrected chi connectivity index (χ3v) is 4.54. The maximum atomic E-state index is 12.0. The fourth-order valence-corrected chi connectivity index (χ4v) is 3.08. The number of amides is 1. The Labute approximate surface area is 142 Å². The second-order valence-corrected chi connectivity index (χ2v) is 6.58. The highest BCUT2D eigenvalue weighted by molar-refractivity contribution is 7.17. The summed E-state index contributed by atoms with van der Waals surface area (Å²) in [6.45, 7) is 0.0295. The standard InChI is InChI=1S/C16H16ClNO4S/c1-22-12-5-3-2-4-10(12)8-11(16(20)21)9-18-15(19)13-6-7-14(17)23-13/h2-7,11H,8-9H2,1H3,(H,18,19)(H,20,21). The largest absolute Gasteiger partial charge is 0.496 e. The molecule has 0 bridgehead atoms. The summed E-state index contributed by atoms with van der Waals surface area (Å²) >= 11 is 6.94. The summed E-state index contributed by atoms with van der Waals surface area (Å²) in [7, 11) is 1.54. The Balaban J connectivity index is 2.02. The van der Waals surface area contributed by atoms with Gasteiger partial charge in [0, 0.05) is 6.54 Å². The number of benzene rings is 1. The first-order valence-electron chi connectivity index (χ1n) is 6.89. The molecule has 0 aliphatic heterocycles. The number of rotatable bonds is 7. The average molecular weight is 354 g/mol. The molecule has 1 unspecified atom stereocenters. The highest BCUT2D eigenvalue weighted by Crippen LogP contribution is 2.22. The van der Waals surface area contributed by atoms with E-state index in [1.165, 1.54) is 7.11 Å². The lowest BCUT2D eigenvalue weighted by Crippen LogP contribution is -2.33. The van der Waals surface area contributed by atoms with E-state index in [9.17, 15) is 14.7 Å². The molecular weight excluding hydrogens is 338 g/mol. The van der Waals surface area contributed by atoms with Gasteiger partial charge in [0.05, 0.1) is 22.2 Å². The summed E-state index contributed by atoms with van der Waals surface area (Å²) in [5.41, 5.74) is 0.788. The zero-order valence-electron chi connectivity index (χ0n) is 12.4. The Hall–Kier alpha value is -2.05. The van der Waals surface area contributed by atoms with Crippen molar-refractivity contribution in [3.05, 3.63) is 51.2 Å². The van der Waals surface area contributed by atoms with E-state index in [0.717, 1.165) is 16.9 Å². The number of hydrogen-bond acceptors (Lipinski definition) is 4. The van der Waals surface area contributed by atoms with Gasteiger partial charge in [0.25, 0.3) is 5.91 Å². The van der Waals surface area contributed by atoms with Crippen molar-refractivity contribution in [2.75, 3.05) is 13.7 Å². The van der Waals surface area contributed by atoms with Crippen LogP contribution in [0.15, 0.2) is 36.4 Å².